The first kappa shape index (κ1) is 14.6. The monoisotopic (exact) mass is 292 g/mol. The van der Waals surface area contributed by atoms with Gasteiger partial charge in [0, 0.05) is 6.54 Å². The predicted molar refractivity (Wildman–Crippen MR) is 79.2 cm³/mol. The van der Waals surface area contributed by atoms with E-state index in [0.29, 0.717) is 22.6 Å². The highest BCUT2D eigenvalue weighted by Crippen LogP contribution is 2.18. The van der Waals surface area contributed by atoms with Crippen molar-refractivity contribution in [3.05, 3.63) is 34.6 Å². The van der Waals surface area contributed by atoms with Crippen LogP contribution in [0.1, 0.15) is 13.8 Å². The summed E-state index contributed by atoms with van der Waals surface area (Å²) in [6.07, 6.45) is 0. The Morgan fingerprint density at radius 2 is 2.10 bits per heavy atom. The van der Waals surface area contributed by atoms with E-state index in [9.17, 15) is 9.59 Å². The van der Waals surface area contributed by atoms with Crippen molar-refractivity contribution < 1.29 is 9.90 Å². The van der Waals surface area contributed by atoms with Crippen molar-refractivity contribution in [1.82, 2.24) is 9.55 Å². The van der Waals surface area contributed by atoms with Gasteiger partial charge in [0.25, 0.3) is 5.56 Å². The summed E-state index contributed by atoms with van der Waals surface area (Å²) >= 11 is 1.08. The third-order valence-corrected chi connectivity index (χ3v) is 3.66. The van der Waals surface area contributed by atoms with Crippen molar-refractivity contribution in [2.24, 2.45) is 5.92 Å². The van der Waals surface area contributed by atoms with Gasteiger partial charge in [-0.15, -0.1) is 0 Å². The van der Waals surface area contributed by atoms with Crippen LogP contribution in [0, 0.1) is 5.92 Å². The van der Waals surface area contributed by atoms with Crippen molar-refractivity contribution in [2.75, 3.05) is 5.75 Å². The highest BCUT2D eigenvalue weighted by molar-refractivity contribution is 7.99. The molecule has 0 saturated carbocycles. The maximum Gasteiger partial charge on any atom is 0.313 e. The fourth-order valence-corrected chi connectivity index (χ4v) is 2.64. The Balaban J connectivity index is 2.57. The summed E-state index contributed by atoms with van der Waals surface area (Å²) < 4.78 is 1.57. The molecule has 2 aromatic rings. The Morgan fingerprint density at radius 1 is 1.40 bits per heavy atom. The molecule has 0 unspecified atom stereocenters. The fraction of sp³-hybridized carbons (Fsp3) is 0.357. The molecule has 0 bridgehead atoms. The van der Waals surface area contributed by atoms with Gasteiger partial charge in [0.2, 0.25) is 0 Å². The standard InChI is InChI=1S/C14H16N2O3S/c1-9(2)7-16-13(19)10-5-3-4-6-11(10)15-14(16)20-8-12(17)18/h3-6,9H,7-8H2,1-2H3,(H,17,18). The van der Waals surface area contributed by atoms with Crippen LogP contribution in [0.3, 0.4) is 0 Å². The lowest BCUT2D eigenvalue weighted by Crippen LogP contribution is -2.25. The summed E-state index contributed by atoms with van der Waals surface area (Å²) in [6, 6.07) is 7.12. The molecule has 20 heavy (non-hydrogen) atoms. The topological polar surface area (TPSA) is 72.2 Å². The molecule has 2 rings (SSSR count). The van der Waals surface area contributed by atoms with Crippen LogP contribution in [-0.2, 0) is 11.3 Å². The number of hydrogen-bond donors (Lipinski definition) is 1. The van der Waals surface area contributed by atoms with Gasteiger partial charge >= 0.3 is 5.97 Å². The average Bonchev–Trinajstić information content (AvgIpc) is 2.39. The largest absolute Gasteiger partial charge is 0.481 e. The highest BCUT2D eigenvalue weighted by atomic mass is 32.2. The van der Waals surface area contributed by atoms with E-state index in [-0.39, 0.29) is 17.2 Å². The SMILES string of the molecule is CC(C)Cn1c(SCC(=O)O)nc2ccccc2c1=O. The van der Waals surface area contributed by atoms with E-state index in [1.807, 2.05) is 19.9 Å². The molecule has 1 aromatic carbocycles. The number of carbonyl (C=O) groups is 1. The van der Waals surface area contributed by atoms with Crippen LogP contribution < -0.4 is 5.56 Å². The molecule has 6 heteroatoms. The lowest BCUT2D eigenvalue weighted by atomic mass is 10.2. The quantitative estimate of drug-likeness (QED) is 0.676. The summed E-state index contributed by atoms with van der Waals surface area (Å²) in [5.74, 6) is -0.753. The van der Waals surface area contributed by atoms with Crippen molar-refractivity contribution in [3.8, 4) is 0 Å². The number of carboxylic acid groups (broad SMARTS) is 1. The van der Waals surface area contributed by atoms with E-state index in [1.165, 1.54) is 0 Å². The molecule has 0 amide bonds. The summed E-state index contributed by atoms with van der Waals surface area (Å²) in [6.45, 7) is 4.54. The average molecular weight is 292 g/mol. The lowest BCUT2D eigenvalue weighted by molar-refractivity contribution is -0.133. The first-order valence-electron chi connectivity index (χ1n) is 6.33. The van der Waals surface area contributed by atoms with Gasteiger partial charge in [-0.2, -0.15) is 0 Å². The van der Waals surface area contributed by atoms with Crippen molar-refractivity contribution in [2.45, 2.75) is 25.5 Å². The number of carboxylic acids is 1. The van der Waals surface area contributed by atoms with Crippen LogP contribution in [0.5, 0.6) is 0 Å². The molecule has 5 nitrogen and oxygen atoms in total. The number of fused-ring (bicyclic) bond motifs is 1. The molecule has 0 aliphatic carbocycles. The third-order valence-electron chi connectivity index (χ3n) is 2.70. The van der Waals surface area contributed by atoms with Crippen LogP contribution >= 0.6 is 11.8 Å². The van der Waals surface area contributed by atoms with Gasteiger partial charge in [0.1, 0.15) is 0 Å². The normalized spacial score (nSPS) is 11.2. The summed E-state index contributed by atoms with van der Waals surface area (Å²) in [4.78, 5) is 27.6. The number of benzene rings is 1. The molecule has 1 N–H and O–H groups in total. The molecule has 0 saturated heterocycles. The zero-order valence-corrected chi connectivity index (χ0v) is 12.2. The molecule has 0 fully saturated rings. The minimum atomic E-state index is -0.923. The van der Waals surface area contributed by atoms with Crippen LogP contribution in [-0.4, -0.2) is 26.4 Å². The Hall–Kier alpha value is -1.82. The van der Waals surface area contributed by atoms with E-state index in [1.54, 1.807) is 22.8 Å². The van der Waals surface area contributed by atoms with Crippen LogP contribution in [0.25, 0.3) is 10.9 Å². The maximum absolute atomic E-state index is 12.5. The number of aliphatic carboxylic acids is 1. The van der Waals surface area contributed by atoms with E-state index in [4.69, 9.17) is 5.11 Å². The minimum Gasteiger partial charge on any atom is -0.481 e. The van der Waals surface area contributed by atoms with Crippen molar-refractivity contribution in [1.29, 1.82) is 0 Å². The molecule has 1 aromatic heterocycles. The first-order chi connectivity index (χ1) is 9.49. The van der Waals surface area contributed by atoms with E-state index in [2.05, 4.69) is 4.98 Å². The second kappa shape index (κ2) is 6.09. The molecule has 0 atom stereocenters. The zero-order valence-electron chi connectivity index (χ0n) is 11.4. The molecular formula is C14H16N2O3S. The van der Waals surface area contributed by atoms with Gasteiger partial charge in [-0.1, -0.05) is 37.7 Å². The van der Waals surface area contributed by atoms with Crippen LogP contribution in [0.2, 0.25) is 0 Å². The molecule has 0 spiro atoms. The number of rotatable bonds is 5. The molecule has 0 aliphatic rings. The smallest absolute Gasteiger partial charge is 0.313 e. The van der Waals surface area contributed by atoms with Gasteiger partial charge in [-0.3, -0.25) is 14.2 Å². The lowest BCUT2D eigenvalue weighted by Gasteiger charge is -2.14. The molecule has 1 heterocycles. The zero-order chi connectivity index (χ0) is 14.7. The Bertz CT molecular complexity index is 694. The molecule has 0 aliphatic heterocycles. The van der Waals surface area contributed by atoms with Gasteiger partial charge in [-0.05, 0) is 18.1 Å². The number of para-hydroxylation sites is 1. The third kappa shape index (κ3) is 3.19. The second-order valence-corrected chi connectivity index (χ2v) is 5.85. The number of nitrogens with zero attached hydrogens (tertiary/aromatic N) is 2. The molecule has 106 valence electrons. The Labute approximate surface area is 120 Å². The summed E-state index contributed by atoms with van der Waals surface area (Å²) in [5, 5.41) is 9.82. The van der Waals surface area contributed by atoms with Crippen LogP contribution in [0.4, 0.5) is 0 Å². The first-order valence-corrected chi connectivity index (χ1v) is 7.31. The number of hydrogen-bond acceptors (Lipinski definition) is 4. The highest BCUT2D eigenvalue weighted by Gasteiger charge is 2.13. The fourth-order valence-electron chi connectivity index (χ4n) is 1.91. The second-order valence-electron chi connectivity index (χ2n) is 4.90. The maximum atomic E-state index is 12.5. The van der Waals surface area contributed by atoms with E-state index in [0.717, 1.165) is 11.8 Å². The number of aromatic nitrogens is 2. The summed E-state index contributed by atoms with van der Waals surface area (Å²) in [7, 11) is 0. The Morgan fingerprint density at radius 3 is 2.75 bits per heavy atom. The molecule has 0 radical (unpaired) electrons. The van der Waals surface area contributed by atoms with Gasteiger partial charge < -0.3 is 5.11 Å². The summed E-state index contributed by atoms with van der Waals surface area (Å²) in [5.41, 5.74) is 0.489. The van der Waals surface area contributed by atoms with E-state index < -0.39 is 5.97 Å². The van der Waals surface area contributed by atoms with Gasteiger partial charge in [0.15, 0.2) is 5.16 Å². The molecular weight excluding hydrogens is 276 g/mol. The van der Waals surface area contributed by atoms with Gasteiger partial charge in [0.05, 0.1) is 16.7 Å². The minimum absolute atomic E-state index is 0.108. The predicted octanol–water partition coefficient (Wildman–Crippen LogP) is 2.23. The van der Waals surface area contributed by atoms with Crippen molar-refractivity contribution >= 4 is 28.6 Å². The number of thioether (sulfide) groups is 1. The van der Waals surface area contributed by atoms with Crippen molar-refractivity contribution in [3.63, 3.8) is 0 Å². The van der Waals surface area contributed by atoms with E-state index >= 15 is 0 Å². The Kier molecular flexibility index (Phi) is 4.44. The van der Waals surface area contributed by atoms with Gasteiger partial charge in [-0.25, -0.2) is 4.98 Å². The van der Waals surface area contributed by atoms with Crippen LogP contribution in [0.15, 0.2) is 34.2 Å².